The number of carbonyl (C=O) groups is 2. The van der Waals surface area contributed by atoms with E-state index in [4.69, 9.17) is 4.74 Å². The number of hydrogen-bond donors (Lipinski definition) is 2. The van der Waals surface area contributed by atoms with Crippen molar-refractivity contribution in [1.29, 1.82) is 0 Å². The fraction of sp³-hybridized carbons (Fsp3) is 0.333. The fourth-order valence-electron chi connectivity index (χ4n) is 3.96. The van der Waals surface area contributed by atoms with E-state index < -0.39 is 48.7 Å². The largest absolute Gasteiger partial charge is 0.480 e. The summed E-state index contributed by atoms with van der Waals surface area (Å²) in [4.78, 5) is 34.4. The van der Waals surface area contributed by atoms with Gasteiger partial charge in [0.1, 0.15) is 17.9 Å². The molecule has 2 aliphatic heterocycles. The van der Waals surface area contributed by atoms with E-state index in [0.717, 1.165) is 12.0 Å². The number of aliphatic carboxylic acids is 1. The molecular formula is C21H18BrF3N4O4S. The van der Waals surface area contributed by atoms with Crippen molar-refractivity contribution in [1.82, 2.24) is 15.2 Å². The van der Waals surface area contributed by atoms with E-state index in [-0.39, 0.29) is 23.7 Å². The summed E-state index contributed by atoms with van der Waals surface area (Å²) >= 11 is 4.55. The molecule has 1 saturated heterocycles. The summed E-state index contributed by atoms with van der Waals surface area (Å²) in [5.74, 6) is -5.63. The second kappa shape index (κ2) is 9.47. The molecule has 13 heteroatoms. The third kappa shape index (κ3) is 4.86. The van der Waals surface area contributed by atoms with Gasteiger partial charge in [-0.15, -0.1) is 11.3 Å². The standard InChI is InChI=1S/C21H18BrF3N4O4S/c1-33-20(32)15-13(8-29-9-21(24,25)7-14(29)19(30)31)27-17(18-26-4-5-34-18)28-16(15)11-3-2-10(23)6-12(11)22/h2-6,14,16H,7-9H2,1H3,(H,27,28)(H,30,31)/t14-,16-/m0/s1. The number of methoxy groups -OCH3 is 1. The van der Waals surface area contributed by atoms with Crippen molar-refractivity contribution in [3.05, 3.63) is 61.9 Å². The Hall–Kier alpha value is -2.77. The van der Waals surface area contributed by atoms with Crippen LogP contribution in [0, 0.1) is 5.82 Å². The lowest BCUT2D eigenvalue weighted by Gasteiger charge is -2.30. The normalized spacial score (nSPS) is 22.3. The quantitative estimate of drug-likeness (QED) is 0.524. The van der Waals surface area contributed by atoms with Crippen LogP contribution < -0.4 is 5.32 Å². The van der Waals surface area contributed by atoms with Crippen LogP contribution in [0.3, 0.4) is 0 Å². The van der Waals surface area contributed by atoms with Gasteiger partial charge >= 0.3 is 11.9 Å². The van der Waals surface area contributed by atoms with Gasteiger partial charge < -0.3 is 15.2 Å². The molecule has 0 bridgehead atoms. The number of benzene rings is 1. The van der Waals surface area contributed by atoms with E-state index >= 15 is 0 Å². The Morgan fingerprint density at radius 3 is 2.79 bits per heavy atom. The van der Waals surface area contributed by atoms with Crippen molar-refractivity contribution in [3.63, 3.8) is 0 Å². The van der Waals surface area contributed by atoms with E-state index in [9.17, 15) is 27.9 Å². The molecule has 8 nitrogen and oxygen atoms in total. The smallest absolute Gasteiger partial charge is 0.338 e. The molecule has 0 radical (unpaired) electrons. The van der Waals surface area contributed by atoms with E-state index in [0.29, 0.717) is 15.0 Å². The summed E-state index contributed by atoms with van der Waals surface area (Å²) < 4.78 is 47.2. The summed E-state index contributed by atoms with van der Waals surface area (Å²) in [6, 6.07) is 1.43. The molecule has 0 aliphatic carbocycles. The molecule has 180 valence electrons. The van der Waals surface area contributed by atoms with Gasteiger partial charge in [-0.3, -0.25) is 14.7 Å². The Kier molecular flexibility index (Phi) is 6.78. The minimum absolute atomic E-state index is 0.00512. The maximum atomic E-state index is 14.1. The highest BCUT2D eigenvalue weighted by Gasteiger charge is 2.49. The zero-order valence-corrected chi connectivity index (χ0v) is 20.0. The molecule has 2 N–H and O–H groups in total. The zero-order chi connectivity index (χ0) is 24.6. The number of likely N-dealkylation sites (tertiary alicyclic amines) is 1. The molecular weight excluding hydrogens is 541 g/mol. The first-order chi connectivity index (χ1) is 16.1. The first-order valence-electron chi connectivity index (χ1n) is 9.95. The Morgan fingerprint density at radius 1 is 1.41 bits per heavy atom. The zero-order valence-electron chi connectivity index (χ0n) is 17.6. The number of carboxylic acids is 1. The van der Waals surface area contributed by atoms with Crippen molar-refractivity contribution >= 4 is 45.0 Å². The number of carboxylic acid groups (broad SMARTS) is 1. The summed E-state index contributed by atoms with van der Waals surface area (Å²) in [6.45, 7) is -1.10. The van der Waals surface area contributed by atoms with Crippen LogP contribution in [0.1, 0.15) is 23.0 Å². The van der Waals surface area contributed by atoms with Crippen LogP contribution in [-0.2, 0) is 14.3 Å². The summed E-state index contributed by atoms with van der Waals surface area (Å²) in [6.07, 6.45) is 0.706. The van der Waals surface area contributed by atoms with E-state index in [1.165, 1.54) is 29.5 Å². The van der Waals surface area contributed by atoms with Crippen molar-refractivity contribution in [3.8, 4) is 0 Å². The van der Waals surface area contributed by atoms with Gasteiger partial charge in [0.05, 0.1) is 19.2 Å². The summed E-state index contributed by atoms with van der Waals surface area (Å²) in [5, 5.41) is 14.6. The van der Waals surface area contributed by atoms with Crippen LogP contribution in [0.25, 0.3) is 0 Å². The van der Waals surface area contributed by atoms with E-state index in [1.54, 1.807) is 11.6 Å². The molecule has 2 atom stereocenters. The Bertz CT molecular complexity index is 1190. The number of esters is 1. The number of amidine groups is 1. The molecule has 0 unspecified atom stereocenters. The molecule has 3 heterocycles. The van der Waals surface area contributed by atoms with Crippen LogP contribution in [0.4, 0.5) is 13.2 Å². The molecule has 0 amide bonds. The molecule has 1 fully saturated rings. The van der Waals surface area contributed by atoms with Gasteiger partial charge in [0.15, 0.2) is 10.8 Å². The lowest BCUT2D eigenvalue weighted by Crippen LogP contribution is -2.43. The maximum absolute atomic E-state index is 14.1. The number of hydrogen-bond acceptors (Lipinski definition) is 8. The van der Waals surface area contributed by atoms with Gasteiger partial charge in [-0.05, 0) is 17.7 Å². The van der Waals surface area contributed by atoms with Crippen molar-refractivity contribution in [2.45, 2.75) is 24.4 Å². The number of ether oxygens (including phenoxy) is 1. The van der Waals surface area contributed by atoms with Gasteiger partial charge in [0.25, 0.3) is 5.92 Å². The van der Waals surface area contributed by atoms with Gasteiger partial charge in [-0.25, -0.2) is 22.9 Å². The molecule has 0 saturated carbocycles. The van der Waals surface area contributed by atoms with Crippen LogP contribution in [0.15, 0.2) is 50.5 Å². The number of nitrogens with zero attached hydrogens (tertiary/aromatic N) is 3. The number of aromatic nitrogens is 1. The van der Waals surface area contributed by atoms with Crippen LogP contribution in [0.2, 0.25) is 0 Å². The van der Waals surface area contributed by atoms with Crippen molar-refractivity contribution in [2.75, 3.05) is 20.2 Å². The Labute approximate surface area is 204 Å². The number of halogens is 4. The first kappa shape index (κ1) is 24.4. The summed E-state index contributed by atoms with van der Waals surface area (Å²) in [5.41, 5.74) is 0.572. The van der Waals surface area contributed by atoms with Gasteiger partial charge in [0.2, 0.25) is 0 Å². The molecule has 1 aromatic heterocycles. The molecule has 2 aliphatic rings. The second-order valence-corrected chi connectivity index (χ2v) is 9.46. The molecule has 4 rings (SSSR count). The van der Waals surface area contributed by atoms with Crippen molar-refractivity contribution < 1.29 is 32.6 Å². The van der Waals surface area contributed by atoms with Gasteiger partial charge in [-0.1, -0.05) is 22.0 Å². The fourth-order valence-corrected chi connectivity index (χ4v) is 5.12. The highest BCUT2D eigenvalue weighted by molar-refractivity contribution is 9.10. The highest BCUT2D eigenvalue weighted by Crippen LogP contribution is 2.38. The number of rotatable bonds is 6. The number of thiazole rings is 1. The predicted octanol–water partition coefficient (Wildman–Crippen LogP) is 3.36. The van der Waals surface area contributed by atoms with E-state index in [2.05, 4.69) is 31.2 Å². The first-order valence-corrected chi connectivity index (χ1v) is 11.6. The molecule has 34 heavy (non-hydrogen) atoms. The average Bonchev–Trinajstić information content (AvgIpc) is 3.40. The summed E-state index contributed by atoms with van der Waals surface area (Å²) in [7, 11) is 1.16. The van der Waals surface area contributed by atoms with E-state index in [1.807, 2.05) is 0 Å². The Morgan fingerprint density at radius 2 is 2.18 bits per heavy atom. The van der Waals surface area contributed by atoms with Crippen molar-refractivity contribution in [2.24, 2.45) is 4.99 Å². The SMILES string of the molecule is COC(=O)C1=C(CN2CC(F)(F)C[C@H]2C(=O)O)NC(c2nccs2)=N[C@H]1c1ccc(F)cc1Br. The Balaban J connectivity index is 1.84. The lowest BCUT2D eigenvalue weighted by molar-refractivity contribution is -0.142. The number of aliphatic imine (C=N–C) groups is 1. The minimum atomic E-state index is -3.20. The van der Waals surface area contributed by atoms with Crippen LogP contribution in [-0.4, -0.2) is 64.9 Å². The third-order valence-electron chi connectivity index (χ3n) is 5.44. The van der Waals surface area contributed by atoms with Gasteiger partial charge in [0, 0.05) is 34.7 Å². The van der Waals surface area contributed by atoms with Crippen LogP contribution >= 0.6 is 27.3 Å². The van der Waals surface area contributed by atoms with Gasteiger partial charge in [-0.2, -0.15) is 0 Å². The second-order valence-electron chi connectivity index (χ2n) is 7.71. The molecule has 0 spiro atoms. The average molecular weight is 559 g/mol. The lowest BCUT2D eigenvalue weighted by atomic mass is 9.95. The topological polar surface area (TPSA) is 104 Å². The monoisotopic (exact) mass is 558 g/mol. The number of carbonyl (C=O) groups excluding carboxylic acids is 1. The molecule has 2 aromatic rings. The van der Waals surface area contributed by atoms with Crippen LogP contribution in [0.5, 0.6) is 0 Å². The third-order valence-corrected chi connectivity index (χ3v) is 6.90. The minimum Gasteiger partial charge on any atom is -0.480 e. The number of nitrogens with one attached hydrogen (secondary N) is 1. The molecule has 1 aromatic carbocycles. The highest BCUT2D eigenvalue weighted by atomic mass is 79.9. The predicted molar refractivity (Wildman–Crippen MR) is 120 cm³/mol. The number of alkyl halides is 2. The maximum Gasteiger partial charge on any atom is 0.338 e.